The Bertz CT molecular complexity index is 548. The molecular weight excluding hydrogens is 238 g/mol. The van der Waals surface area contributed by atoms with E-state index in [1.165, 1.54) is 0 Å². The van der Waals surface area contributed by atoms with Crippen LogP contribution in [-0.2, 0) is 6.42 Å². The summed E-state index contributed by atoms with van der Waals surface area (Å²) in [6, 6.07) is 8.15. The minimum atomic E-state index is 0.544. The summed E-state index contributed by atoms with van der Waals surface area (Å²) in [7, 11) is 4.03. The van der Waals surface area contributed by atoms with Gasteiger partial charge in [0.25, 0.3) is 0 Å². The lowest BCUT2D eigenvalue weighted by Gasteiger charge is -2.12. The summed E-state index contributed by atoms with van der Waals surface area (Å²) in [6.45, 7) is 2.42. The lowest BCUT2D eigenvalue weighted by atomic mass is 10.2. The van der Waals surface area contributed by atoms with Gasteiger partial charge in [0.15, 0.2) is 5.82 Å². The summed E-state index contributed by atoms with van der Waals surface area (Å²) in [4.78, 5) is 15.2. The molecule has 0 saturated heterocycles. The van der Waals surface area contributed by atoms with Gasteiger partial charge in [0.2, 0.25) is 0 Å². The number of nitrogens with two attached hydrogens (primary N) is 1. The highest BCUT2D eigenvalue weighted by Crippen LogP contribution is 2.19. The average molecular weight is 257 g/mol. The molecule has 0 aliphatic carbocycles. The summed E-state index contributed by atoms with van der Waals surface area (Å²) >= 11 is 0. The SMILES string of the molecule is Cc1nc(CCN)nc(-c2ccc(N(C)C)cc2)n1. The van der Waals surface area contributed by atoms with E-state index in [9.17, 15) is 0 Å². The number of aromatic nitrogens is 3. The van der Waals surface area contributed by atoms with Crippen molar-refractivity contribution in [1.82, 2.24) is 15.0 Å². The van der Waals surface area contributed by atoms with Gasteiger partial charge in [-0.15, -0.1) is 0 Å². The van der Waals surface area contributed by atoms with E-state index in [0.29, 0.717) is 18.8 Å². The second-order valence-electron chi connectivity index (χ2n) is 4.60. The Morgan fingerprint density at radius 3 is 2.32 bits per heavy atom. The number of anilines is 1. The van der Waals surface area contributed by atoms with Crippen LogP contribution in [0, 0.1) is 6.92 Å². The van der Waals surface area contributed by atoms with Crippen molar-refractivity contribution >= 4 is 5.69 Å². The normalized spacial score (nSPS) is 10.5. The van der Waals surface area contributed by atoms with E-state index in [1.807, 2.05) is 33.2 Å². The maximum Gasteiger partial charge on any atom is 0.163 e. The quantitative estimate of drug-likeness (QED) is 0.897. The first kappa shape index (κ1) is 13.4. The van der Waals surface area contributed by atoms with Gasteiger partial charge in [-0.1, -0.05) is 0 Å². The molecule has 0 aliphatic heterocycles. The standard InChI is InChI=1S/C14H19N5/c1-10-16-13(8-9-15)18-14(17-10)11-4-6-12(7-5-11)19(2)3/h4-7H,8-9,15H2,1-3H3. The topological polar surface area (TPSA) is 67.9 Å². The molecule has 0 spiro atoms. The van der Waals surface area contributed by atoms with Crippen molar-refractivity contribution in [3.05, 3.63) is 35.9 Å². The number of hydrogen-bond donors (Lipinski definition) is 1. The highest BCUT2D eigenvalue weighted by Gasteiger charge is 2.06. The maximum atomic E-state index is 5.55. The van der Waals surface area contributed by atoms with Gasteiger partial charge >= 0.3 is 0 Å². The molecule has 1 aromatic heterocycles. The fourth-order valence-corrected chi connectivity index (χ4v) is 1.82. The van der Waals surface area contributed by atoms with Gasteiger partial charge in [-0.3, -0.25) is 0 Å². The third-order valence-electron chi connectivity index (χ3n) is 2.80. The Morgan fingerprint density at radius 1 is 1.05 bits per heavy atom. The van der Waals surface area contributed by atoms with Crippen molar-refractivity contribution in [2.75, 3.05) is 25.5 Å². The zero-order valence-corrected chi connectivity index (χ0v) is 11.6. The number of aryl methyl sites for hydroxylation is 1. The summed E-state index contributed by atoms with van der Waals surface area (Å²) < 4.78 is 0. The van der Waals surface area contributed by atoms with Gasteiger partial charge in [-0.05, 0) is 37.7 Å². The van der Waals surface area contributed by atoms with Crippen molar-refractivity contribution in [1.29, 1.82) is 0 Å². The Kier molecular flexibility index (Phi) is 4.06. The highest BCUT2D eigenvalue weighted by molar-refractivity contribution is 5.60. The zero-order valence-electron chi connectivity index (χ0n) is 11.6. The molecule has 5 heteroatoms. The molecule has 1 aromatic carbocycles. The third-order valence-corrected chi connectivity index (χ3v) is 2.80. The minimum Gasteiger partial charge on any atom is -0.378 e. The van der Waals surface area contributed by atoms with Crippen LogP contribution in [0.3, 0.4) is 0 Å². The van der Waals surface area contributed by atoms with E-state index in [1.54, 1.807) is 0 Å². The lowest BCUT2D eigenvalue weighted by Crippen LogP contribution is -2.10. The minimum absolute atomic E-state index is 0.544. The second-order valence-corrected chi connectivity index (χ2v) is 4.60. The van der Waals surface area contributed by atoms with Crippen LogP contribution in [0.5, 0.6) is 0 Å². The first-order valence-electron chi connectivity index (χ1n) is 6.29. The van der Waals surface area contributed by atoms with Gasteiger partial charge in [0, 0.05) is 31.8 Å². The number of nitrogens with zero attached hydrogens (tertiary/aromatic N) is 4. The van der Waals surface area contributed by atoms with Crippen LogP contribution < -0.4 is 10.6 Å². The van der Waals surface area contributed by atoms with Gasteiger partial charge in [-0.25, -0.2) is 15.0 Å². The lowest BCUT2D eigenvalue weighted by molar-refractivity contribution is 0.827. The predicted molar refractivity (Wildman–Crippen MR) is 77.1 cm³/mol. The molecule has 0 fully saturated rings. The fraction of sp³-hybridized carbons (Fsp3) is 0.357. The van der Waals surface area contributed by atoms with E-state index in [0.717, 1.165) is 22.9 Å². The Morgan fingerprint density at radius 2 is 1.74 bits per heavy atom. The van der Waals surface area contributed by atoms with Gasteiger partial charge in [0.05, 0.1) is 0 Å². The summed E-state index contributed by atoms with van der Waals surface area (Å²) in [5.41, 5.74) is 7.69. The smallest absolute Gasteiger partial charge is 0.163 e. The molecule has 5 nitrogen and oxygen atoms in total. The molecule has 0 aliphatic rings. The van der Waals surface area contributed by atoms with Gasteiger partial charge in [0.1, 0.15) is 11.6 Å². The monoisotopic (exact) mass is 257 g/mol. The third kappa shape index (κ3) is 3.26. The van der Waals surface area contributed by atoms with E-state index < -0.39 is 0 Å². The van der Waals surface area contributed by atoms with Gasteiger partial charge < -0.3 is 10.6 Å². The predicted octanol–water partition coefficient (Wildman–Crippen LogP) is 1.41. The zero-order chi connectivity index (χ0) is 13.8. The molecule has 2 rings (SSSR count). The molecule has 0 radical (unpaired) electrons. The number of rotatable bonds is 4. The second kappa shape index (κ2) is 5.75. The molecule has 0 saturated carbocycles. The van der Waals surface area contributed by atoms with Crippen LogP contribution in [0.15, 0.2) is 24.3 Å². The molecular formula is C14H19N5. The van der Waals surface area contributed by atoms with Crippen molar-refractivity contribution < 1.29 is 0 Å². The van der Waals surface area contributed by atoms with Crippen LogP contribution in [-0.4, -0.2) is 35.6 Å². The number of benzene rings is 1. The van der Waals surface area contributed by atoms with Crippen molar-refractivity contribution in [2.24, 2.45) is 5.73 Å². The first-order chi connectivity index (χ1) is 9.10. The molecule has 2 N–H and O–H groups in total. The van der Waals surface area contributed by atoms with Crippen molar-refractivity contribution in [3.8, 4) is 11.4 Å². The molecule has 0 unspecified atom stereocenters. The molecule has 2 aromatic rings. The molecule has 0 atom stereocenters. The summed E-state index contributed by atoms with van der Waals surface area (Å²) in [5, 5.41) is 0. The van der Waals surface area contributed by atoms with Crippen LogP contribution in [0.4, 0.5) is 5.69 Å². The Labute approximate surface area is 113 Å². The first-order valence-corrected chi connectivity index (χ1v) is 6.29. The molecule has 1 heterocycles. The summed E-state index contributed by atoms with van der Waals surface area (Å²) in [5.74, 6) is 2.19. The summed E-state index contributed by atoms with van der Waals surface area (Å²) in [6.07, 6.45) is 0.673. The Hall–Kier alpha value is -2.01. The van der Waals surface area contributed by atoms with E-state index in [4.69, 9.17) is 5.73 Å². The van der Waals surface area contributed by atoms with Crippen LogP contribution in [0.1, 0.15) is 11.6 Å². The fourth-order valence-electron chi connectivity index (χ4n) is 1.82. The van der Waals surface area contributed by atoms with E-state index in [2.05, 4.69) is 32.0 Å². The van der Waals surface area contributed by atoms with Crippen LogP contribution in [0.25, 0.3) is 11.4 Å². The van der Waals surface area contributed by atoms with Crippen LogP contribution in [0.2, 0.25) is 0 Å². The number of hydrogen-bond acceptors (Lipinski definition) is 5. The highest BCUT2D eigenvalue weighted by atomic mass is 15.1. The van der Waals surface area contributed by atoms with Crippen molar-refractivity contribution in [2.45, 2.75) is 13.3 Å². The van der Waals surface area contributed by atoms with Crippen molar-refractivity contribution in [3.63, 3.8) is 0 Å². The Balaban J connectivity index is 2.35. The van der Waals surface area contributed by atoms with Crippen LogP contribution >= 0.6 is 0 Å². The maximum absolute atomic E-state index is 5.55. The molecule has 19 heavy (non-hydrogen) atoms. The van der Waals surface area contributed by atoms with Gasteiger partial charge in [-0.2, -0.15) is 0 Å². The molecule has 0 bridgehead atoms. The molecule has 100 valence electrons. The molecule has 0 amide bonds. The van der Waals surface area contributed by atoms with E-state index in [-0.39, 0.29) is 0 Å². The largest absolute Gasteiger partial charge is 0.378 e. The van der Waals surface area contributed by atoms with E-state index >= 15 is 0 Å². The average Bonchev–Trinajstić information content (AvgIpc) is 2.38.